The molecule has 0 fully saturated rings. The van der Waals surface area contributed by atoms with E-state index in [4.69, 9.17) is 20.2 Å². The van der Waals surface area contributed by atoms with Crippen LogP contribution < -0.4 is 15.2 Å². The predicted molar refractivity (Wildman–Crippen MR) is 106 cm³/mol. The zero-order chi connectivity index (χ0) is 19.1. The lowest BCUT2D eigenvalue weighted by molar-refractivity contribution is 0.0829. The molecule has 2 N–H and O–H groups in total. The summed E-state index contributed by atoms with van der Waals surface area (Å²) in [5.41, 5.74) is 9.42. The molecule has 0 saturated heterocycles. The Morgan fingerprint density at radius 1 is 1.11 bits per heavy atom. The largest absolute Gasteiger partial charge is 0.485 e. The predicted octanol–water partition coefficient (Wildman–Crippen LogP) is 3.61. The minimum atomic E-state index is -0.264. The SMILES string of the molecule is CCn1c(C2COc3ccccc3O2)nc2ccc(-c3ccnc(N)n3)cc21. The van der Waals surface area contributed by atoms with Gasteiger partial charge in [-0.3, -0.25) is 0 Å². The smallest absolute Gasteiger partial charge is 0.220 e. The first-order valence-corrected chi connectivity index (χ1v) is 9.20. The molecule has 140 valence electrons. The zero-order valence-electron chi connectivity index (χ0n) is 15.4. The van der Waals surface area contributed by atoms with E-state index in [0.29, 0.717) is 6.61 Å². The van der Waals surface area contributed by atoms with Gasteiger partial charge in [0.05, 0.1) is 16.7 Å². The molecule has 7 heteroatoms. The number of nitrogens with zero attached hydrogens (tertiary/aromatic N) is 4. The molecule has 0 radical (unpaired) electrons. The summed E-state index contributed by atoms with van der Waals surface area (Å²) in [5.74, 6) is 2.62. The number of benzene rings is 2. The minimum absolute atomic E-state index is 0.258. The normalized spacial score (nSPS) is 15.7. The van der Waals surface area contributed by atoms with Crippen LogP contribution >= 0.6 is 0 Å². The fourth-order valence-electron chi connectivity index (χ4n) is 3.56. The summed E-state index contributed by atoms with van der Waals surface area (Å²) in [4.78, 5) is 13.1. The average Bonchev–Trinajstić information content (AvgIpc) is 3.11. The first-order chi connectivity index (χ1) is 13.7. The van der Waals surface area contributed by atoms with Crippen molar-refractivity contribution in [2.45, 2.75) is 19.6 Å². The van der Waals surface area contributed by atoms with Crippen molar-refractivity contribution in [1.29, 1.82) is 0 Å². The number of fused-ring (bicyclic) bond motifs is 2. The van der Waals surface area contributed by atoms with Crippen LogP contribution in [0.4, 0.5) is 5.95 Å². The quantitative estimate of drug-likeness (QED) is 0.590. The van der Waals surface area contributed by atoms with Gasteiger partial charge in [-0.05, 0) is 37.3 Å². The molecule has 1 unspecified atom stereocenters. The first-order valence-electron chi connectivity index (χ1n) is 9.20. The van der Waals surface area contributed by atoms with Gasteiger partial charge >= 0.3 is 0 Å². The highest BCUT2D eigenvalue weighted by atomic mass is 16.6. The van der Waals surface area contributed by atoms with Crippen LogP contribution in [0.5, 0.6) is 11.5 Å². The third-order valence-electron chi connectivity index (χ3n) is 4.86. The second kappa shape index (κ2) is 6.53. The van der Waals surface area contributed by atoms with Gasteiger partial charge in [0.25, 0.3) is 0 Å². The Labute approximate surface area is 161 Å². The molecule has 3 heterocycles. The van der Waals surface area contributed by atoms with E-state index in [1.807, 2.05) is 42.5 Å². The summed E-state index contributed by atoms with van der Waals surface area (Å²) in [6.07, 6.45) is 1.40. The Hall–Kier alpha value is -3.61. The third-order valence-corrected chi connectivity index (χ3v) is 4.86. The fourth-order valence-corrected chi connectivity index (χ4v) is 3.56. The van der Waals surface area contributed by atoms with Gasteiger partial charge in [-0.15, -0.1) is 0 Å². The van der Waals surface area contributed by atoms with E-state index in [1.54, 1.807) is 6.20 Å². The Morgan fingerprint density at radius 2 is 1.96 bits per heavy atom. The van der Waals surface area contributed by atoms with Crippen LogP contribution in [0.25, 0.3) is 22.3 Å². The molecule has 4 aromatic rings. The molecule has 0 aliphatic carbocycles. The van der Waals surface area contributed by atoms with Gasteiger partial charge in [0.1, 0.15) is 6.61 Å². The lowest BCUT2D eigenvalue weighted by Crippen LogP contribution is -2.24. The maximum atomic E-state index is 6.18. The van der Waals surface area contributed by atoms with Crippen molar-refractivity contribution in [3.8, 4) is 22.8 Å². The molecule has 0 amide bonds. The fraction of sp³-hybridized carbons (Fsp3) is 0.190. The minimum Gasteiger partial charge on any atom is -0.485 e. The van der Waals surface area contributed by atoms with Crippen LogP contribution in [0, 0.1) is 0 Å². The molecule has 28 heavy (non-hydrogen) atoms. The van der Waals surface area contributed by atoms with Crippen LogP contribution in [-0.2, 0) is 6.54 Å². The van der Waals surface area contributed by atoms with E-state index >= 15 is 0 Å². The van der Waals surface area contributed by atoms with Crippen molar-refractivity contribution in [2.75, 3.05) is 12.3 Å². The number of imidazole rings is 1. The van der Waals surface area contributed by atoms with E-state index in [-0.39, 0.29) is 12.1 Å². The topological polar surface area (TPSA) is 88.1 Å². The maximum Gasteiger partial charge on any atom is 0.220 e. The highest BCUT2D eigenvalue weighted by Crippen LogP contribution is 2.36. The van der Waals surface area contributed by atoms with E-state index in [2.05, 4.69) is 27.5 Å². The molecule has 1 atom stereocenters. The molecule has 0 saturated carbocycles. The van der Waals surface area contributed by atoms with Gasteiger partial charge in [-0.25, -0.2) is 15.0 Å². The number of hydrogen-bond acceptors (Lipinski definition) is 6. The first kappa shape index (κ1) is 16.6. The highest BCUT2D eigenvalue weighted by Gasteiger charge is 2.27. The van der Waals surface area contributed by atoms with Crippen molar-refractivity contribution >= 4 is 17.0 Å². The number of anilines is 1. The lowest BCUT2D eigenvalue weighted by Gasteiger charge is -2.26. The Kier molecular flexibility index (Phi) is 3.86. The van der Waals surface area contributed by atoms with Crippen molar-refractivity contribution in [1.82, 2.24) is 19.5 Å². The molecule has 2 aromatic heterocycles. The van der Waals surface area contributed by atoms with Crippen LogP contribution in [0.15, 0.2) is 54.7 Å². The van der Waals surface area contributed by atoms with Gasteiger partial charge < -0.3 is 19.8 Å². The summed E-state index contributed by atoms with van der Waals surface area (Å²) >= 11 is 0. The monoisotopic (exact) mass is 373 g/mol. The summed E-state index contributed by atoms with van der Waals surface area (Å²) < 4.78 is 14.2. The summed E-state index contributed by atoms with van der Waals surface area (Å²) in [6, 6.07) is 15.6. The summed E-state index contributed by atoms with van der Waals surface area (Å²) in [5, 5.41) is 0. The second-order valence-corrected chi connectivity index (χ2v) is 6.58. The Balaban J connectivity index is 1.57. The van der Waals surface area contributed by atoms with Gasteiger partial charge in [0.2, 0.25) is 5.95 Å². The molecule has 5 rings (SSSR count). The van der Waals surface area contributed by atoms with Gasteiger partial charge in [-0.1, -0.05) is 18.2 Å². The molecule has 7 nitrogen and oxygen atoms in total. The average molecular weight is 373 g/mol. The van der Waals surface area contributed by atoms with Crippen molar-refractivity contribution in [3.05, 3.63) is 60.6 Å². The second-order valence-electron chi connectivity index (χ2n) is 6.58. The van der Waals surface area contributed by atoms with Crippen LogP contribution in [-0.4, -0.2) is 26.1 Å². The maximum absolute atomic E-state index is 6.18. The number of hydrogen-bond donors (Lipinski definition) is 1. The lowest BCUT2D eigenvalue weighted by atomic mass is 10.1. The summed E-state index contributed by atoms with van der Waals surface area (Å²) in [7, 11) is 0. The van der Waals surface area contributed by atoms with E-state index < -0.39 is 0 Å². The molecule has 1 aliphatic heterocycles. The number of nitrogens with two attached hydrogens (primary N) is 1. The van der Waals surface area contributed by atoms with Crippen LogP contribution in [0.2, 0.25) is 0 Å². The number of aromatic nitrogens is 4. The molecular weight excluding hydrogens is 354 g/mol. The molecular formula is C21H19N5O2. The van der Waals surface area contributed by atoms with Crippen molar-refractivity contribution < 1.29 is 9.47 Å². The van der Waals surface area contributed by atoms with Gasteiger partial charge in [-0.2, -0.15) is 0 Å². The number of nitrogen functional groups attached to an aromatic ring is 1. The molecule has 1 aliphatic rings. The van der Waals surface area contributed by atoms with Gasteiger partial charge in [0, 0.05) is 18.3 Å². The number of para-hydroxylation sites is 2. The molecule has 2 aromatic carbocycles. The van der Waals surface area contributed by atoms with E-state index in [9.17, 15) is 0 Å². The van der Waals surface area contributed by atoms with Crippen LogP contribution in [0.3, 0.4) is 0 Å². The number of aryl methyl sites for hydroxylation is 1. The Morgan fingerprint density at radius 3 is 2.79 bits per heavy atom. The number of ether oxygens (including phenoxy) is 2. The highest BCUT2D eigenvalue weighted by molar-refractivity contribution is 5.82. The standard InChI is InChI=1S/C21H19N5O2/c1-2-26-16-11-13(14-9-10-23-21(22)25-14)7-8-15(16)24-20(26)19-12-27-17-5-3-4-6-18(17)28-19/h3-11,19H,2,12H2,1H3,(H2,22,23,25). The number of rotatable bonds is 3. The van der Waals surface area contributed by atoms with Gasteiger partial charge in [0.15, 0.2) is 23.4 Å². The van der Waals surface area contributed by atoms with E-state index in [0.717, 1.165) is 46.2 Å². The Bertz CT molecular complexity index is 1170. The zero-order valence-corrected chi connectivity index (χ0v) is 15.4. The van der Waals surface area contributed by atoms with E-state index in [1.165, 1.54) is 0 Å². The molecule has 0 bridgehead atoms. The van der Waals surface area contributed by atoms with Crippen molar-refractivity contribution in [3.63, 3.8) is 0 Å². The summed E-state index contributed by atoms with van der Waals surface area (Å²) in [6.45, 7) is 3.29. The van der Waals surface area contributed by atoms with Crippen molar-refractivity contribution in [2.24, 2.45) is 0 Å². The van der Waals surface area contributed by atoms with Crippen LogP contribution in [0.1, 0.15) is 18.9 Å². The third kappa shape index (κ3) is 2.72. The molecule has 0 spiro atoms.